The van der Waals surface area contributed by atoms with E-state index in [1.807, 2.05) is 12.5 Å². The predicted octanol–water partition coefficient (Wildman–Crippen LogP) is 3.91. The van der Waals surface area contributed by atoms with Gasteiger partial charge in [0.25, 0.3) is 0 Å². The van der Waals surface area contributed by atoms with Gasteiger partial charge in [0.2, 0.25) is 0 Å². The van der Waals surface area contributed by atoms with Gasteiger partial charge in [-0.1, -0.05) is 36.4 Å². The van der Waals surface area contributed by atoms with Gasteiger partial charge in [-0.25, -0.2) is 4.98 Å². The Labute approximate surface area is 125 Å². The first-order valence-corrected chi connectivity index (χ1v) is 7.29. The minimum atomic E-state index is 0.0911. The standard InChI is InChI=1S/C18H21N3/c1-18(2,3)20-12-15-11-19-13-21(15)17-10-6-8-14-7-4-5-9-16(14)17/h4-11,13,20H,12H2,1-3H3. The lowest BCUT2D eigenvalue weighted by Crippen LogP contribution is -2.35. The van der Waals surface area contributed by atoms with Crippen LogP contribution in [0.15, 0.2) is 55.0 Å². The van der Waals surface area contributed by atoms with Gasteiger partial charge in [0.05, 0.1) is 17.7 Å². The highest BCUT2D eigenvalue weighted by Gasteiger charge is 2.12. The topological polar surface area (TPSA) is 29.9 Å². The predicted molar refractivity (Wildman–Crippen MR) is 87.7 cm³/mol. The van der Waals surface area contributed by atoms with Crippen molar-refractivity contribution >= 4 is 10.8 Å². The van der Waals surface area contributed by atoms with Crippen LogP contribution in [0.5, 0.6) is 0 Å². The van der Waals surface area contributed by atoms with Crippen LogP contribution in [-0.2, 0) is 6.54 Å². The number of fused-ring (bicyclic) bond motifs is 1. The maximum absolute atomic E-state index is 4.33. The summed E-state index contributed by atoms with van der Waals surface area (Å²) in [5.41, 5.74) is 2.44. The van der Waals surface area contributed by atoms with E-state index in [1.165, 1.54) is 22.2 Å². The van der Waals surface area contributed by atoms with Gasteiger partial charge < -0.3 is 9.88 Å². The number of benzene rings is 2. The van der Waals surface area contributed by atoms with Crippen molar-refractivity contribution in [2.75, 3.05) is 0 Å². The Morgan fingerprint density at radius 2 is 1.81 bits per heavy atom. The average Bonchev–Trinajstić information content (AvgIpc) is 2.92. The van der Waals surface area contributed by atoms with Crippen LogP contribution in [0.4, 0.5) is 0 Å². The number of nitrogens with one attached hydrogen (secondary N) is 1. The fraction of sp³-hybridized carbons (Fsp3) is 0.278. The lowest BCUT2D eigenvalue weighted by atomic mass is 10.1. The van der Waals surface area contributed by atoms with Gasteiger partial charge in [-0.05, 0) is 32.2 Å². The van der Waals surface area contributed by atoms with E-state index < -0.39 is 0 Å². The first-order chi connectivity index (χ1) is 10.0. The summed E-state index contributed by atoms with van der Waals surface area (Å²) in [5.74, 6) is 0. The maximum atomic E-state index is 4.33. The molecular weight excluding hydrogens is 258 g/mol. The molecule has 21 heavy (non-hydrogen) atoms. The molecule has 0 aliphatic carbocycles. The molecule has 0 aliphatic heterocycles. The smallest absolute Gasteiger partial charge is 0.0994 e. The SMILES string of the molecule is CC(C)(C)NCc1cncn1-c1cccc2ccccc12. The minimum Gasteiger partial charge on any atom is -0.306 e. The van der Waals surface area contributed by atoms with Crippen molar-refractivity contribution in [3.05, 3.63) is 60.7 Å². The van der Waals surface area contributed by atoms with Gasteiger partial charge in [0.15, 0.2) is 0 Å². The summed E-state index contributed by atoms with van der Waals surface area (Å²) in [7, 11) is 0. The van der Waals surface area contributed by atoms with Crippen molar-refractivity contribution < 1.29 is 0 Å². The fourth-order valence-electron chi connectivity index (χ4n) is 2.44. The van der Waals surface area contributed by atoms with Gasteiger partial charge >= 0.3 is 0 Å². The first kappa shape index (κ1) is 13.8. The zero-order chi connectivity index (χ0) is 14.9. The summed E-state index contributed by atoms with van der Waals surface area (Å²) in [5, 5.41) is 6.02. The molecule has 3 nitrogen and oxygen atoms in total. The Morgan fingerprint density at radius 1 is 1.05 bits per heavy atom. The molecule has 108 valence electrons. The summed E-state index contributed by atoms with van der Waals surface area (Å²) in [6, 6.07) is 14.8. The molecule has 2 aromatic carbocycles. The van der Waals surface area contributed by atoms with Crippen LogP contribution in [0.1, 0.15) is 26.5 Å². The van der Waals surface area contributed by atoms with E-state index in [4.69, 9.17) is 0 Å². The third-order valence-electron chi connectivity index (χ3n) is 3.54. The molecule has 0 radical (unpaired) electrons. The number of rotatable bonds is 3. The van der Waals surface area contributed by atoms with E-state index in [2.05, 4.69) is 78.1 Å². The summed E-state index contributed by atoms with van der Waals surface area (Å²) in [4.78, 5) is 4.33. The number of hydrogen-bond acceptors (Lipinski definition) is 2. The second-order valence-corrected chi connectivity index (χ2v) is 6.36. The van der Waals surface area contributed by atoms with Gasteiger partial charge in [-0.3, -0.25) is 0 Å². The first-order valence-electron chi connectivity index (χ1n) is 7.29. The van der Waals surface area contributed by atoms with Gasteiger partial charge in [-0.15, -0.1) is 0 Å². The highest BCUT2D eigenvalue weighted by atomic mass is 15.1. The fourth-order valence-corrected chi connectivity index (χ4v) is 2.44. The lowest BCUT2D eigenvalue weighted by molar-refractivity contribution is 0.420. The van der Waals surface area contributed by atoms with E-state index in [0.29, 0.717) is 0 Å². The van der Waals surface area contributed by atoms with Gasteiger partial charge in [-0.2, -0.15) is 0 Å². The van der Waals surface area contributed by atoms with Crippen LogP contribution >= 0.6 is 0 Å². The number of nitrogens with zero attached hydrogens (tertiary/aromatic N) is 2. The van der Waals surface area contributed by atoms with E-state index in [9.17, 15) is 0 Å². The Morgan fingerprint density at radius 3 is 2.62 bits per heavy atom. The van der Waals surface area contributed by atoms with Crippen molar-refractivity contribution in [3.63, 3.8) is 0 Å². The maximum Gasteiger partial charge on any atom is 0.0994 e. The summed E-state index contributed by atoms with van der Waals surface area (Å²) < 4.78 is 2.17. The molecule has 1 aromatic heterocycles. The number of imidazole rings is 1. The summed E-state index contributed by atoms with van der Waals surface area (Å²) in [6.07, 6.45) is 3.82. The molecule has 0 aliphatic rings. The average molecular weight is 279 g/mol. The zero-order valence-corrected chi connectivity index (χ0v) is 12.8. The van der Waals surface area contributed by atoms with Crippen LogP contribution in [-0.4, -0.2) is 15.1 Å². The molecule has 0 saturated heterocycles. The van der Waals surface area contributed by atoms with Crippen LogP contribution in [0.3, 0.4) is 0 Å². The highest BCUT2D eigenvalue weighted by Crippen LogP contribution is 2.23. The molecule has 0 spiro atoms. The molecule has 0 unspecified atom stereocenters. The van der Waals surface area contributed by atoms with Crippen molar-refractivity contribution in [2.45, 2.75) is 32.9 Å². The minimum absolute atomic E-state index is 0.0911. The quantitative estimate of drug-likeness (QED) is 0.787. The second-order valence-electron chi connectivity index (χ2n) is 6.36. The molecule has 1 heterocycles. The Hall–Kier alpha value is -2.13. The molecule has 0 fully saturated rings. The van der Waals surface area contributed by atoms with E-state index in [0.717, 1.165) is 6.54 Å². The Kier molecular flexibility index (Phi) is 3.52. The van der Waals surface area contributed by atoms with E-state index in [-0.39, 0.29) is 5.54 Å². The number of aromatic nitrogens is 2. The lowest BCUT2D eigenvalue weighted by Gasteiger charge is -2.21. The second kappa shape index (κ2) is 5.34. The summed E-state index contributed by atoms with van der Waals surface area (Å²) >= 11 is 0. The largest absolute Gasteiger partial charge is 0.306 e. The van der Waals surface area contributed by atoms with Crippen molar-refractivity contribution in [1.29, 1.82) is 0 Å². The van der Waals surface area contributed by atoms with Gasteiger partial charge in [0, 0.05) is 23.7 Å². The van der Waals surface area contributed by atoms with Crippen molar-refractivity contribution in [3.8, 4) is 5.69 Å². The highest BCUT2D eigenvalue weighted by molar-refractivity contribution is 5.90. The Bertz CT molecular complexity index is 745. The molecule has 3 rings (SSSR count). The third-order valence-corrected chi connectivity index (χ3v) is 3.54. The monoisotopic (exact) mass is 279 g/mol. The molecule has 3 aromatic rings. The van der Waals surface area contributed by atoms with Crippen LogP contribution in [0, 0.1) is 0 Å². The van der Waals surface area contributed by atoms with E-state index >= 15 is 0 Å². The molecule has 0 bridgehead atoms. The van der Waals surface area contributed by atoms with Gasteiger partial charge in [0.1, 0.15) is 0 Å². The van der Waals surface area contributed by atoms with Crippen LogP contribution in [0.2, 0.25) is 0 Å². The van der Waals surface area contributed by atoms with E-state index in [1.54, 1.807) is 0 Å². The summed E-state index contributed by atoms with van der Waals surface area (Å²) in [6.45, 7) is 7.32. The van der Waals surface area contributed by atoms with Crippen LogP contribution < -0.4 is 5.32 Å². The van der Waals surface area contributed by atoms with Crippen molar-refractivity contribution in [2.24, 2.45) is 0 Å². The molecule has 1 N–H and O–H groups in total. The molecule has 0 saturated carbocycles. The number of hydrogen-bond donors (Lipinski definition) is 1. The third kappa shape index (κ3) is 2.98. The van der Waals surface area contributed by atoms with Crippen molar-refractivity contribution in [1.82, 2.24) is 14.9 Å². The molecule has 3 heteroatoms. The normalized spacial score (nSPS) is 12.0. The zero-order valence-electron chi connectivity index (χ0n) is 12.8. The molecular formula is C18H21N3. The van der Waals surface area contributed by atoms with Crippen LogP contribution in [0.25, 0.3) is 16.5 Å². The molecule has 0 amide bonds. The molecule has 0 atom stereocenters. The Balaban J connectivity index is 2.02.